The minimum Gasteiger partial charge on any atom is -0.456 e. The number of hydrogen-bond donors (Lipinski definition) is 0. The van der Waals surface area contributed by atoms with Crippen molar-refractivity contribution in [2.45, 2.75) is 0 Å². The Bertz CT molecular complexity index is 2780. The van der Waals surface area contributed by atoms with Gasteiger partial charge in [0.2, 0.25) is 0 Å². The maximum atomic E-state index is 6.58. The molecule has 0 aliphatic heterocycles. The number of fused-ring (bicyclic) bond motifs is 9. The Kier molecular flexibility index (Phi) is 5.57. The molecule has 10 rings (SSSR count). The molecule has 0 bridgehead atoms. The first-order valence-corrected chi connectivity index (χ1v) is 15.9. The van der Waals surface area contributed by atoms with E-state index in [0.29, 0.717) is 0 Å². The summed E-state index contributed by atoms with van der Waals surface area (Å²) >= 11 is 0. The zero-order chi connectivity index (χ0) is 30.9. The average Bonchev–Trinajstić information content (AvgIpc) is 3.69. The van der Waals surface area contributed by atoms with E-state index in [9.17, 15) is 0 Å². The molecular weight excluding hydrogens is 574 g/mol. The highest BCUT2D eigenvalue weighted by atomic mass is 16.3. The van der Waals surface area contributed by atoms with Gasteiger partial charge in [-0.15, -0.1) is 0 Å². The molecule has 0 saturated heterocycles. The van der Waals surface area contributed by atoms with Crippen LogP contribution >= 0.6 is 0 Å². The molecule has 0 N–H and O–H groups in total. The molecule has 220 valence electrons. The molecule has 0 fully saturated rings. The van der Waals surface area contributed by atoms with Gasteiger partial charge in [-0.1, -0.05) is 103 Å². The van der Waals surface area contributed by atoms with Crippen LogP contribution in [0.1, 0.15) is 0 Å². The fourth-order valence-electron chi connectivity index (χ4n) is 7.17. The molecule has 3 nitrogen and oxygen atoms in total. The number of anilines is 3. The van der Waals surface area contributed by atoms with E-state index in [1.165, 1.54) is 32.7 Å². The molecule has 0 aliphatic carbocycles. The van der Waals surface area contributed by atoms with Crippen molar-refractivity contribution in [2.75, 3.05) is 4.90 Å². The van der Waals surface area contributed by atoms with Crippen LogP contribution in [0.25, 0.3) is 76.5 Å². The molecule has 10 aromatic rings. The fourth-order valence-corrected chi connectivity index (χ4v) is 7.17. The molecular formula is C44H27NO2. The van der Waals surface area contributed by atoms with E-state index >= 15 is 0 Å². The van der Waals surface area contributed by atoms with Crippen LogP contribution in [0.3, 0.4) is 0 Å². The lowest BCUT2D eigenvalue weighted by molar-refractivity contribution is 0.663. The quantitative estimate of drug-likeness (QED) is 0.201. The smallest absolute Gasteiger partial charge is 0.147 e. The molecule has 0 radical (unpaired) electrons. The summed E-state index contributed by atoms with van der Waals surface area (Å²) in [4.78, 5) is 2.33. The molecule has 47 heavy (non-hydrogen) atoms. The van der Waals surface area contributed by atoms with E-state index in [-0.39, 0.29) is 0 Å². The van der Waals surface area contributed by atoms with E-state index in [0.717, 1.165) is 60.9 Å². The maximum absolute atomic E-state index is 6.58. The summed E-state index contributed by atoms with van der Waals surface area (Å²) in [7, 11) is 0. The SMILES string of the molecule is c1ccc(-c2ccc(N(c3ccc4c(c3)oc3ccc5c6cc7ccccc7cc6oc5c34)c3cccc4ccccc34)cc2)cc1. The third-order valence-electron chi connectivity index (χ3n) is 9.42. The monoisotopic (exact) mass is 601 g/mol. The van der Waals surface area contributed by atoms with Crippen LogP contribution in [0, 0.1) is 0 Å². The van der Waals surface area contributed by atoms with E-state index in [1.54, 1.807) is 0 Å². The second-order valence-electron chi connectivity index (χ2n) is 12.1. The average molecular weight is 602 g/mol. The van der Waals surface area contributed by atoms with Crippen molar-refractivity contribution in [1.82, 2.24) is 0 Å². The highest BCUT2D eigenvalue weighted by Gasteiger charge is 2.20. The Morgan fingerprint density at radius 2 is 1.02 bits per heavy atom. The minimum atomic E-state index is 0.817. The first-order valence-electron chi connectivity index (χ1n) is 15.9. The summed E-state index contributed by atoms with van der Waals surface area (Å²) in [6, 6.07) is 57.9. The van der Waals surface area contributed by atoms with E-state index in [2.05, 4.69) is 169 Å². The molecule has 3 heteroatoms. The van der Waals surface area contributed by atoms with Gasteiger partial charge in [0, 0.05) is 39.0 Å². The van der Waals surface area contributed by atoms with Gasteiger partial charge in [0.05, 0.1) is 11.1 Å². The van der Waals surface area contributed by atoms with Crippen LogP contribution in [0.5, 0.6) is 0 Å². The first kappa shape index (κ1) is 26.0. The zero-order valence-corrected chi connectivity index (χ0v) is 25.4. The summed E-state index contributed by atoms with van der Waals surface area (Å²) in [5.41, 5.74) is 8.97. The topological polar surface area (TPSA) is 29.5 Å². The standard InChI is InChI=1S/C44H27NO2/c1-2-9-28(10-3-1)29-17-19-33(20-18-29)45(39-16-8-14-30-11-6-7-15-35(30)39)34-21-22-37-42(27-34)46-40-24-23-36-38-25-31-12-4-5-13-32(31)26-41(38)47-44(36)43(37)40/h1-27H. The number of rotatable bonds is 4. The lowest BCUT2D eigenvalue weighted by Gasteiger charge is -2.27. The van der Waals surface area contributed by atoms with E-state index in [1.807, 2.05) is 0 Å². The second-order valence-corrected chi connectivity index (χ2v) is 12.1. The van der Waals surface area contributed by atoms with Gasteiger partial charge in [0.25, 0.3) is 0 Å². The van der Waals surface area contributed by atoms with Gasteiger partial charge in [-0.05, 0) is 81.9 Å². The minimum absolute atomic E-state index is 0.817. The van der Waals surface area contributed by atoms with Crippen molar-refractivity contribution in [2.24, 2.45) is 0 Å². The van der Waals surface area contributed by atoms with Crippen LogP contribution in [0.2, 0.25) is 0 Å². The van der Waals surface area contributed by atoms with Gasteiger partial charge in [-0.25, -0.2) is 0 Å². The van der Waals surface area contributed by atoms with Crippen LogP contribution < -0.4 is 4.90 Å². The van der Waals surface area contributed by atoms with E-state index < -0.39 is 0 Å². The molecule has 0 saturated carbocycles. The van der Waals surface area contributed by atoms with Crippen LogP contribution in [-0.2, 0) is 0 Å². The zero-order valence-electron chi connectivity index (χ0n) is 25.4. The first-order chi connectivity index (χ1) is 23.3. The molecule has 2 aromatic heterocycles. The summed E-state index contributed by atoms with van der Waals surface area (Å²) in [6.45, 7) is 0. The summed E-state index contributed by atoms with van der Waals surface area (Å²) < 4.78 is 13.2. The molecule has 0 unspecified atom stereocenters. The van der Waals surface area contributed by atoms with Crippen LogP contribution in [0.4, 0.5) is 17.1 Å². The molecule has 0 atom stereocenters. The van der Waals surface area contributed by atoms with Crippen LogP contribution in [0.15, 0.2) is 173 Å². The third-order valence-corrected chi connectivity index (χ3v) is 9.42. The lowest BCUT2D eigenvalue weighted by Crippen LogP contribution is -2.10. The largest absolute Gasteiger partial charge is 0.456 e. The highest BCUT2D eigenvalue weighted by molar-refractivity contribution is 6.23. The Balaban J connectivity index is 1.17. The van der Waals surface area contributed by atoms with Crippen LogP contribution in [-0.4, -0.2) is 0 Å². The summed E-state index contributed by atoms with van der Waals surface area (Å²) in [5.74, 6) is 0. The predicted molar refractivity (Wildman–Crippen MR) is 196 cm³/mol. The third kappa shape index (κ3) is 4.07. The fraction of sp³-hybridized carbons (Fsp3) is 0. The lowest BCUT2D eigenvalue weighted by atomic mass is 10.0. The van der Waals surface area contributed by atoms with Crippen molar-refractivity contribution >= 4 is 82.5 Å². The maximum Gasteiger partial charge on any atom is 0.147 e. The Morgan fingerprint density at radius 3 is 1.87 bits per heavy atom. The van der Waals surface area contributed by atoms with Gasteiger partial charge < -0.3 is 13.7 Å². The van der Waals surface area contributed by atoms with Crippen molar-refractivity contribution in [3.05, 3.63) is 164 Å². The number of furan rings is 2. The number of nitrogens with zero attached hydrogens (tertiary/aromatic N) is 1. The Labute approximate surface area is 270 Å². The number of benzene rings is 8. The normalized spacial score (nSPS) is 11.8. The highest BCUT2D eigenvalue weighted by Crippen LogP contribution is 2.44. The van der Waals surface area contributed by atoms with Crippen molar-refractivity contribution in [3.63, 3.8) is 0 Å². The van der Waals surface area contributed by atoms with Gasteiger partial charge in [0.15, 0.2) is 0 Å². The summed E-state index contributed by atoms with van der Waals surface area (Å²) in [6.07, 6.45) is 0. The van der Waals surface area contributed by atoms with Gasteiger partial charge in [0.1, 0.15) is 22.3 Å². The van der Waals surface area contributed by atoms with Gasteiger partial charge in [-0.2, -0.15) is 0 Å². The molecule has 0 spiro atoms. The molecule has 8 aromatic carbocycles. The second kappa shape index (κ2) is 10.1. The van der Waals surface area contributed by atoms with Crippen molar-refractivity contribution in [3.8, 4) is 11.1 Å². The predicted octanol–water partition coefficient (Wildman–Crippen LogP) is 12.9. The molecule has 0 amide bonds. The Hall–Kier alpha value is -6.32. The number of hydrogen-bond acceptors (Lipinski definition) is 3. The van der Waals surface area contributed by atoms with Gasteiger partial charge in [-0.3, -0.25) is 0 Å². The Morgan fingerprint density at radius 1 is 0.362 bits per heavy atom. The van der Waals surface area contributed by atoms with Crippen molar-refractivity contribution < 1.29 is 8.83 Å². The van der Waals surface area contributed by atoms with Gasteiger partial charge >= 0.3 is 0 Å². The summed E-state index contributed by atoms with van der Waals surface area (Å²) in [5, 5.41) is 9.01. The molecule has 0 aliphatic rings. The van der Waals surface area contributed by atoms with E-state index in [4.69, 9.17) is 8.83 Å². The van der Waals surface area contributed by atoms with Crippen molar-refractivity contribution in [1.29, 1.82) is 0 Å². The molecule has 2 heterocycles.